The van der Waals surface area contributed by atoms with E-state index in [1.807, 2.05) is 18.7 Å². The summed E-state index contributed by atoms with van der Waals surface area (Å²) in [6.45, 7) is 5.92. The Hall–Kier alpha value is -1.18. The van der Waals surface area contributed by atoms with E-state index in [2.05, 4.69) is 5.32 Å². The number of aliphatic carboxylic acids is 2. The van der Waals surface area contributed by atoms with Crippen LogP contribution in [0.1, 0.15) is 26.7 Å². The van der Waals surface area contributed by atoms with E-state index < -0.39 is 11.9 Å². The van der Waals surface area contributed by atoms with Crippen LogP contribution in [0.4, 0.5) is 0 Å². The summed E-state index contributed by atoms with van der Waals surface area (Å²) >= 11 is 0. The number of carboxylic acid groups (broad SMARTS) is 2. The first-order valence-electron chi connectivity index (χ1n) is 6.46. The first kappa shape index (κ1) is 17.8. The molecule has 0 aromatic rings. The number of nitrogens with zero attached hydrogens (tertiary/aromatic N) is 1. The minimum absolute atomic E-state index is 0.0322. The Morgan fingerprint density at radius 1 is 1.21 bits per heavy atom. The molecular weight excluding hydrogens is 250 g/mol. The molecule has 2 unspecified atom stereocenters. The number of carbonyl (C=O) groups is 2. The molecule has 112 valence electrons. The number of carboxylic acids is 2. The number of rotatable bonds is 11. The molecule has 0 aliphatic carbocycles. The largest absolute Gasteiger partial charge is 0.481 e. The van der Waals surface area contributed by atoms with Gasteiger partial charge in [-0.3, -0.25) is 14.5 Å². The summed E-state index contributed by atoms with van der Waals surface area (Å²) in [7, 11) is 0. The molecule has 0 bridgehead atoms. The molecule has 0 aliphatic heterocycles. The van der Waals surface area contributed by atoms with Crippen LogP contribution in [0.25, 0.3) is 0 Å². The van der Waals surface area contributed by atoms with Gasteiger partial charge in [-0.1, -0.05) is 0 Å². The van der Waals surface area contributed by atoms with Gasteiger partial charge in [0.1, 0.15) is 0 Å². The average molecular weight is 275 g/mol. The maximum Gasteiger partial charge on any atom is 0.304 e. The van der Waals surface area contributed by atoms with Crippen LogP contribution in [0, 0.1) is 0 Å². The van der Waals surface area contributed by atoms with E-state index in [1.165, 1.54) is 0 Å². The Balaban J connectivity index is 4.09. The maximum atomic E-state index is 10.6. The van der Waals surface area contributed by atoms with Crippen molar-refractivity contribution in [2.45, 2.75) is 38.8 Å². The molecule has 0 spiro atoms. The van der Waals surface area contributed by atoms with Gasteiger partial charge in [-0.05, 0) is 13.8 Å². The quantitative estimate of drug-likeness (QED) is 0.378. The number of nitrogens with one attached hydrogen (secondary N) is 1. The molecule has 0 saturated carbocycles. The van der Waals surface area contributed by atoms with Crippen LogP contribution >= 0.6 is 0 Å². The summed E-state index contributed by atoms with van der Waals surface area (Å²) in [5.41, 5.74) is 5.74. The summed E-state index contributed by atoms with van der Waals surface area (Å²) < 4.78 is 0. The van der Waals surface area contributed by atoms with Crippen molar-refractivity contribution in [1.29, 1.82) is 0 Å². The van der Waals surface area contributed by atoms with E-state index in [0.717, 1.165) is 0 Å². The standard InChI is InChI=1S/C12H25N3O4/c1-9(13)8-15(6-4-12(18)19)10(2)7-14-5-3-11(16)17/h9-10,14H,3-8,13H2,1-2H3,(H,16,17)(H,18,19). The lowest BCUT2D eigenvalue weighted by atomic mass is 10.2. The maximum absolute atomic E-state index is 10.6. The molecule has 0 radical (unpaired) electrons. The Kier molecular flexibility index (Phi) is 9.11. The predicted molar refractivity (Wildman–Crippen MR) is 72.1 cm³/mol. The third-order valence-electron chi connectivity index (χ3n) is 2.71. The second-order valence-corrected chi connectivity index (χ2v) is 4.81. The van der Waals surface area contributed by atoms with Gasteiger partial charge < -0.3 is 21.3 Å². The van der Waals surface area contributed by atoms with E-state index in [1.54, 1.807) is 0 Å². The Morgan fingerprint density at radius 3 is 2.26 bits per heavy atom. The molecule has 0 aromatic heterocycles. The van der Waals surface area contributed by atoms with Gasteiger partial charge in [0.25, 0.3) is 0 Å². The van der Waals surface area contributed by atoms with Gasteiger partial charge in [-0.15, -0.1) is 0 Å². The van der Waals surface area contributed by atoms with Crippen molar-refractivity contribution in [3.05, 3.63) is 0 Å². The molecule has 0 fully saturated rings. The number of hydrogen-bond acceptors (Lipinski definition) is 5. The molecule has 19 heavy (non-hydrogen) atoms. The fraction of sp³-hybridized carbons (Fsp3) is 0.833. The lowest BCUT2D eigenvalue weighted by molar-refractivity contribution is -0.138. The van der Waals surface area contributed by atoms with Gasteiger partial charge in [-0.2, -0.15) is 0 Å². The van der Waals surface area contributed by atoms with Crippen molar-refractivity contribution in [3.8, 4) is 0 Å². The second-order valence-electron chi connectivity index (χ2n) is 4.81. The van der Waals surface area contributed by atoms with Crippen LogP contribution in [0.2, 0.25) is 0 Å². The molecule has 2 atom stereocenters. The Bertz CT molecular complexity index is 284. The monoisotopic (exact) mass is 275 g/mol. The third kappa shape index (κ3) is 10.4. The molecule has 7 heteroatoms. The smallest absolute Gasteiger partial charge is 0.304 e. The van der Waals surface area contributed by atoms with Gasteiger partial charge in [0.15, 0.2) is 0 Å². The van der Waals surface area contributed by atoms with E-state index in [0.29, 0.717) is 26.2 Å². The highest BCUT2D eigenvalue weighted by Gasteiger charge is 2.16. The number of hydrogen-bond donors (Lipinski definition) is 4. The van der Waals surface area contributed by atoms with Crippen molar-refractivity contribution >= 4 is 11.9 Å². The van der Waals surface area contributed by atoms with Crippen molar-refractivity contribution in [2.24, 2.45) is 5.73 Å². The SMILES string of the molecule is CC(N)CN(CCC(=O)O)C(C)CNCCC(=O)O. The first-order valence-corrected chi connectivity index (χ1v) is 6.46. The van der Waals surface area contributed by atoms with Crippen LogP contribution in [-0.4, -0.2) is 65.3 Å². The zero-order valence-corrected chi connectivity index (χ0v) is 11.6. The van der Waals surface area contributed by atoms with Gasteiger partial charge in [-0.25, -0.2) is 0 Å². The molecule has 5 N–H and O–H groups in total. The topological polar surface area (TPSA) is 116 Å². The van der Waals surface area contributed by atoms with Gasteiger partial charge >= 0.3 is 11.9 Å². The van der Waals surface area contributed by atoms with Crippen LogP contribution in [-0.2, 0) is 9.59 Å². The zero-order valence-electron chi connectivity index (χ0n) is 11.6. The van der Waals surface area contributed by atoms with Crippen molar-refractivity contribution in [2.75, 3.05) is 26.2 Å². The van der Waals surface area contributed by atoms with Crippen LogP contribution in [0.15, 0.2) is 0 Å². The molecule has 0 rings (SSSR count). The Morgan fingerprint density at radius 2 is 1.79 bits per heavy atom. The predicted octanol–water partition coefficient (Wildman–Crippen LogP) is -0.437. The van der Waals surface area contributed by atoms with E-state index in [4.69, 9.17) is 15.9 Å². The Labute approximate surface area is 113 Å². The molecule has 0 aliphatic rings. The van der Waals surface area contributed by atoms with Crippen molar-refractivity contribution < 1.29 is 19.8 Å². The highest BCUT2D eigenvalue weighted by molar-refractivity contribution is 5.67. The molecule has 0 heterocycles. The lowest BCUT2D eigenvalue weighted by Gasteiger charge is -2.30. The summed E-state index contributed by atoms with van der Waals surface area (Å²) in [5.74, 6) is -1.67. The fourth-order valence-electron chi connectivity index (χ4n) is 1.74. The van der Waals surface area contributed by atoms with E-state index in [9.17, 15) is 9.59 Å². The van der Waals surface area contributed by atoms with Crippen LogP contribution in [0.5, 0.6) is 0 Å². The minimum Gasteiger partial charge on any atom is -0.481 e. The molecule has 7 nitrogen and oxygen atoms in total. The summed E-state index contributed by atoms with van der Waals surface area (Å²) in [4.78, 5) is 23.0. The molecular formula is C12H25N3O4. The molecule has 0 saturated heterocycles. The lowest BCUT2D eigenvalue weighted by Crippen LogP contribution is -2.46. The normalized spacial score (nSPS) is 14.3. The summed E-state index contributed by atoms with van der Waals surface area (Å²) in [6.07, 6.45) is 0.154. The van der Waals surface area contributed by atoms with E-state index >= 15 is 0 Å². The van der Waals surface area contributed by atoms with Gasteiger partial charge in [0, 0.05) is 38.3 Å². The first-order chi connectivity index (χ1) is 8.82. The summed E-state index contributed by atoms with van der Waals surface area (Å²) in [5, 5.41) is 20.3. The van der Waals surface area contributed by atoms with Crippen molar-refractivity contribution in [3.63, 3.8) is 0 Å². The highest BCUT2D eigenvalue weighted by Crippen LogP contribution is 2.01. The molecule has 0 amide bonds. The third-order valence-corrected chi connectivity index (χ3v) is 2.71. The van der Waals surface area contributed by atoms with E-state index in [-0.39, 0.29) is 24.9 Å². The zero-order chi connectivity index (χ0) is 14.8. The number of nitrogens with two attached hydrogens (primary N) is 1. The van der Waals surface area contributed by atoms with Gasteiger partial charge in [0.2, 0.25) is 0 Å². The van der Waals surface area contributed by atoms with Crippen LogP contribution < -0.4 is 11.1 Å². The average Bonchev–Trinajstić information content (AvgIpc) is 2.28. The second kappa shape index (κ2) is 9.71. The van der Waals surface area contributed by atoms with Crippen molar-refractivity contribution in [1.82, 2.24) is 10.2 Å². The molecule has 0 aromatic carbocycles. The van der Waals surface area contributed by atoms with Gasteiger partial charge in [0.05, 0.1) is 12.8 Å². The highest BCUT2D eigenvalue weighted by atomic mass is 16.4. The van der Waals surface area contributed by atoms with Crippen LogP contribution in [0.3, 0.4) is 0 Å². The summed E-state index contributed by atoms with van der Waals surface area (Å²) in [6, 6.07) is 0.0782. The minimum atomic E-state index is -0.835. The fourth-order valence-corrected chi connectivity index (χ4v) is 1.74.